The Hall–Kier alpha value is -1.06. The number of rotatable bonds is 3. The first-order chi connectivity index (χ1) is 7.61. The average molecular weight is 220 g/mol. The number of hydrogen-bond donors (Lipinski definition) is 2. The third-order valence-electron chi connectivity index (χ3n) is 3.45. The van der Waals surface area contributed by atoms with Crippen LogP contribution in [0.3, 0.4) is 0 Å². The van der Waals surface area contributed by atoms with E-state index < -0.39 is 0 Å². The molecular formula is C13H20N2O. The Bertz CT molecular complexity index is 367. The first kappa shape index (κ1) is 11.4. The number of nitrogens with zero attached hydrogens (tertiary/aromatic N) is 1. The molecule has 0 aliphatic carbocycles. The minimum absolute atomic E-state index is 0.275. The number of likely N-dealkylation sites (tertiary alicyclic amines) is 1. The largest absolute Gasteiger partial charge is 0.508 e. The van der Waals surface area contributed by atoms with Gasteiger partial charge in [0.1, 0.15) is 5.75 Å². The highest BCUT2D eigenvalue weighted by atomic mass is 16.3. The Morgan fingerprint density at radius 1 is 1.50 bits per heavy atom. The van der Waals surface area contributed by atoms with Crippen molar-refractivity contribution in [2.45, 2.75) is 19.9 Å². The third-order valence-corrected chi connectivity index (χ3v) is 3.45. The predicted octanol–water partition coefficient (Wildman–Crippen LogP) is 1.56. The Morgan fingerprint density at radius 3 is 2.94 bits per heavy atom. The minimum Gasteiger partial charge on any atom is -0.508 e. The molecule has 3 heteroatoms. The molecule has 1 aliphatic rings. The van der Waals surface area contributed by atoms with E-state index in [-0.39, 0.29) is 5.41 Å². The summed E-state index contributed by atoms with van der Waals surface area (Å²) in [5.41, 5.74) is 7.22. The molecule has 1 fully saturated rings. The number of aromatic hydroxyl groups is 1. The Balaban J connectivity index is 1.97. The molecule has 3 N–H and O–H groups in total. The van der Waals surface area contributed by atoms with Crippen molar-refractivity contribution in [2.75, 3.05) is 19.6 Å². The van der Waals surface area contributed by atoms with Gasteiger partial charge in [-0.05, 0) is 42.6 Å². The second kappa shape index (κ2) is 4.44. The minimum atomic E-state index is 0.275. The summed E-state index contributed by atoms with van der Waals surface area (Å²) in [6.45, 7) is 6.06. The fourth-order valence-corrected chi connectivity index (χ4v) is 2.34. The van der Waals surface area contributed by atoms with Crippen LogP contribution in [0.25, 0.3) is 0 Å². The fraction of sp³-hybridized carbons (Fsp3) is 0.538. The van der Waals surface area contributed by atoms with E-state index in [1.165, 1.54) is 12.0 Å². The molecule has 1 aromatic rings. The summed E-state index contributed by atoms with van der Waals surface area (Å²) in [5.74, 6) is 0.346. The SMILES string of the molecule is CC1(CN)CCN(Cc2cccc(O)c2)C1. The molecule has 1 atom stereocenters. The first-order valence-corrected chi connectivity index (χ1v) is 5.82. The Kier molecular flexibility index (Phi) is 3.17. The van der Waals surface area contributed by atoms with Crippen LogP contribution in [0.1, 0.15) is 18.9 Å². The highest BCUT2D eigenvalue weighted by molar-refractivity contribution is 5.27. The molecule has 0 radical (unpaired) electrons. The molecule has 1 heterocycles. The normalized spacial score (nSPS) is 26.1. The van der Waals surface area contributed by atoms with Gasteiger partial charge >= 0.3 is 0 Å². The van der Waals surface area contributed by atoms with Gasteiger partial charge in [-0.25, -0.2) is 0 Å². The van der Waals surface area contributed by atoms with Gasteiger partial charge in [-0.1, -0.05) is 19.1 Å². The van der Waals surface area contributed by atoms with Crippen molar-refractivity contribution < 1.29 is 5.11 Å². The lowest BCUT2D eigenvalue weighted by Gasteiger charge is -2.22. The van der Waals surface area contributed by atoms with E-state index in [9.17, 15) is 5.11 Å². The molecule has 1 aromatic carbocycles. The zero-order chi connectivity index (χ0) is 11.6. The maximum Gasteiger partial charge on any atom is 0.115 e. The molecule has 0 aromatic heterocycles. The van der Waals surface area contributed by atoms with Crippen LogP contribution < -0.4 is 5.73 Å². The molecular weight excluding hydrogens is 200 g/mol. The van der Waals surface area contributed by atoms with Crippen LogP contribution in [0.15, 0.2) is 24.3 Å². The van der Waals surface area contributed by atoms with E-state index in [2.05, 4.69) is 17.9 Å². The van der Waals surface area contributed by atoms with Crippen LogP contribution in [0.5, 0.6) is 5.75 Å². The monoisotopic (exact) mass is 220 g/mol. The van der Waals surface area contributed by atoms with E-state index >= 15 is 0 Å². The summed E-state index contributed by atoms with van der Waals surface area (Å²) in [4.78, 5) is 2.40. The number of hydrogen-bond acceptors (Lipinski definition) is 3. The van der Waals surface area contributed by atoms with Gasteiger partial charge < -0.3 is 10.8 Å². The number of nitrogens with two attached hydrogens (primary N) is 1. The maximum atomic E-state index is 9.40. The molecule has 1 aliphatic heterocycles. The van der Waals surface area contributed by atoms with Gasteiger partial charge in [0.2, 0.25) is 0 Å². The zero-order valence-electron chi connectivity index (χ0n) is 9.82. The van der Waals surface area contributed by atoms with Crippen molar-refractivity contribution in [3.8, 4) is 5.75 Å². The lowest BCUT2D eigenvalue weighted by Crippen LogP contribution is -2.31. The summed E-state index contributed by atoms with van der Waals surface area (Å²) in [7, 11) is 0. The van der Waals surface area contributed by atoms with Crippen molar-refractivity contribution in [3.05, 3.63) is 29.8 Å². The molecule has 3 nitrogen and oxygen atoms in total. The fourth-order valence-electron chi connectivity index (χ4n) is 2.34. The number of phenols is 1. The molecule has 0 saturated carbocycles. The van der Waals surface area contributed by atoms with Crippen LogP contribution in [0.2, 0.25) is 0 Å². The van der Waals surface area contributed by atoms with Crippen LogP contribution in [-0.2, 0) is 6.54 Å². The van der Waals surface area contributed by atoms with Gasteiger partial charge in [0.05, 0.1) is 0 Å². The van der Waals surface area contributed by atoms with E-state index in [0.29, 0.717) is 5.75 Å². The highest BCUT2D eigenvalue weighted by Crippen LogP contribution is 2.29. The van der Waals surface area contributed by atoms with Crippen molar-refractivity contribution in [1.29, 1.82) is 0 Å². The van der Waals surface area contributed by atoms with Gasteiger partial charge in [0, 0.05) is 13.1 Å². The maximum absolute atomic E-state index is 9.40. The summed E-state index contributed by atoms with van der Waals surface area (Å²) in [6.07, 6.45) is 1.17. The summed E-state index contributed by atoms with van der Waals surface area (Å²) < 4.78 is 0. The van der Waals surface area contributed by atoms with E-state index in [0.717, 1.165) is 26.2 Å². The van der Waals surface area contributed by atoms with Crippen molar-refractivity contribution >= 4 is 0 Å². The quantitative estimate of drug-likeness (QED) is 0.813. The van der Waals surface area contributed by atoms with Gasteiger partial charge in [0.25, 0.3) is 0 Å². The van der Waals surface area contributed by atoms with Gasteiger partial charge in [-0.2, -0.15) is 0 Å². The van der Waals surface area contributed by atoms with E-state index in [1.807, 2.05) is 12.1 Å². The van der Waals surface area contributed by atoms with Crippen LogP contribution in [0.4, 0.5) is 0 Å². The number of benzene rings is 1. The lowest BCUT2D eigenvalue weighted by molar-refractivity contribution is 0.274. The zero-order valence-corrected chi connectivity index (χ0v) is 9.82. The summed E-state index contributed by atoms with van der Waals surface area (Å²) in [5, 5.41) is 9.40. The molecule has 16 heavy (non-hydrogen) atoms. The van der Waals surface area contributed by atoms with Crippen molar-refractivity contribution in [2.24, 2.45) is 11.1 Å². The molecule has 1 unspecified atom stereocenters. The van der Waals surface area contributed by atoms with Crippen LogP contribution in [0, 0.1) is 5.41 Å². The van der Waals surface area contributed by atoms with Crippen LogP contribution in [-0.4, -0.2) is 29.6 Å². The second-order valence-corrected chi connectivity index (χ2v) is 5.15. The molecule has 0 spiro atoms. The number of phenolic OH excluding ortho intramolecular Hbond substituents is 1. The van der Waals surface area contributed by atoms with E-state index in [1.54, 1.807) is 6.07 Å². The molecule has 88 valence electrons. The highest BCUT2D eigenvalue weighted by Gasteiger charge is 2.32. The summed E-state index contributed by atoms with van der Waals surface area (Å²) in [6, 6.07) is 7.48. The molecule has 2 rings (SSSR count). The molecule has 0 bridgehead atoms. The second-order valence-electron chi connectivity index (χ2n) is 5.15. The topological polar surface area (TPSA) is 49.5 Å². The smallest absolute Gasteiger partial charge is 0.115 e. The Labute approximate surface area is 96.9 Å². The average Bonchev–Trinajstić information content (AvgIpc) is 2.61. The van der Waals surface area contributed by atoms with Gasteiger partial charge in [-0.15, -0.1) is 0 Å². The molecule has 1 saturated heterocycles. The summed E-state index contributed by atoms with van der Waals surface area (Å²) >= 11 is 0. The predicted molar refractivity (Wildman–Crippen MR) is 65.2 cm³/mol. The standard InChI is InChI=1S/C13H20N2O/c1-13(9-14)5-6-15(10-13)8-11-3-2-4-12(16)7-11/h2-4,7,16H,5-6,8-10,14H2,1H3. The third kappa shape index (κ3) is 2.54. The van der Waals surface area contributed by atoms with Crippen LogP contribution >= 0.6 is 0 Å². The van der Waals surface area contributed by atoms with E-state index in [4.69, 9.17) is 5.73 Å². The first-order valence-electron chi connectivity index (χ1n) is 5.82. The lowest BCUT2D eigenvalue weighted by atomic mass is 9.90. The van der Waals surface area contributed by atoms with Gasteiger partial charge in [-0.3, -0.25) is 4.90 Å². The van der Waals surface area contributed by atoms with Crippen molar-refractivity contribution in [1.82, 2.24) is 4.90 Å². The molecule has 0 amide bonds. The Morgan fingerprint density at radius 2 is 2.31 bits per heavy atom. The van der Waals surface area contributed by atoms with Crippen molar-refractivity contribution in [3.63, 3.8) is 0 Å². The van der Waals surface area contributed by atoms with Gasteiger partial charge in [0.15, 0.2) is 0 Å².